The van der Waals surface area contributed by atoms with Crippen LogP contribution in [0.5, 0.6) is 0 Å². The Labute approximate surface area is 108 Å². The number of hydrogen-bond donors (Lipinski definition) is 1. The molecule has 1 aliphatic rings. The first-order valence-corrected chi connectivity index (χ1v) is 6.47. The minimum Gasteiger partial charge on any atom is -0.396 e. The zero-order chi connectivity index (χ0) is 13.0. The van der Waals surface area contributed by atoms with Crippen molar-refractivity contribution in [3.05, 3.63) is 29.6 Å². The average Bonchev–Trinajstić information content (AvgIpc) is 2.40. The number of halogens is 1. The van der Waals surface area contributed by atoms with Crippen LogP contribution in [-0.4, -0.2) is 38.3 Å². The highest BCUT2D eigenvalue weighted by Gasteiger charge is 2.22. The van der Waals surface area contributed by atoms with E-state index in [0.29, 0.717) is 11.6 Å². The largest absolute Gasteiger partial charge is 0.396 e. The first-order valence-electron chi connectivity index (χ1n) is 6.47. The molecule has 0 spiro atoms. The second-order valence-electron chi connectivity index (χ2n) is 4.85. The first kappa shape index (κ1) is 13.3. The number of nitrogen functional groups attached to an aromatic ring is 1. The number of para-hydroxylation sites is 1. The van der Waals surface area contributed by atoms with Crippen molar-refractivity contribution in [2.75, 3.05) is 39.1 Å². The Morgan fingerprint density at radius 1 is 1.39 bits per heavy atom. The maximum Gasteiger partial charge on any atom is 0.146 e. The van der Waals surface area contributed by atoms with Gasteiger partial charge in [0.15, 0.2) is 0 Å². The molecule has 0 aromatic heterocycles. The van der Waals surface area contributed by atoms with Crippen LogP contribution in [0.3, 0.4) is 0 Å². The summed E-state index contributed by atoms with van der Waals surface area (Å²) in [6.45, 7) is 3.81. The molecule has 0 bridgehead atoms. The molecule has 0 amide bonds. The Morgan fingerprint density at radius 2 is 2.11 bits per heavy atom. The summed E-state index contributed by atoms with van der Waals surface area (Å²) in [5, 5.41) is 0. The van der Waals surface area contributed by atoms with Crippen molar-refractivity contribution < 1.29 is 9.13 Å². The van der Waals surface area contributed by atoms with Gasteiger partial charge in [0.1, 0.15) is 5.82 Å². The topological polar surface area (TPSA) is 38.5 Å². The molecule has 100 valence electrons. The maximum absolute atomic E-state index is 13.4. The molecule has 1 aromatic rings. The van der Waals surface area contributed by atoms with E-state index < -0.39 is 0 Å². The molecule has 2 N–H and O–H groups in total. The molecule has 0 unspecified atom stereocenters. The van der Waals surface area contributed by atoms with Crippen LogP contribution in [0.1, 0.15) is 24.3 Å². The average molecular weight is 252 g/mol. The molecule has 0 atom stereocenters. The molecular weight excluding hydrogens is 231 g/mol. The van der Waals surface area contributed by atoms with Crippen LogP contribution in [0.15, 0.2) is 18.2 Å². The highest BCUT2D eigenvalue weighted by molar-refractivity contribution is 5.49. The number of piperidine rings is 1. The number of nitrogens with two attached hydrogens (primary N) is 1. The normalized spacial score (nSPS) is 18.1. The van der Waals surface area contributed by atoms with Gasteiger partial charge in [-0.2, -0.15) is 0 Å². The highest BCUT2D eigenvalue weighted by Crippen LogP contribution is 2.32. The first-order chi connectivity index (χ1) is 8.72. The molecule has 0 saturated carbocycles. The maximum atomic E-state index is 13.4. The van der Waals surface area contributed by atoms with Gasteiger partial charge in [0.05, 0.1) is 12.3 Å². The summed E-state index contributed by atoms with van der Waals surface area (Å²) in [6, 6.07) is 5.12. The Balaban J connectivity index is 1.95. The molecule has 1 saturated heterocycles. The quantitative estimate of drug-likeness (QED) is 0.835. The summed E-state index contributed by atoms with van der Waals surface area (Å²) in [5.74, 6) is 0.0915. The van der Waals surface area contributed by atoms with Crippen LogP contribution in [0, 0.1) is 5.82 Å². The van der Waals surface area contributed by atoms with Gasteiger partial charge >= 0.3 is 0 Å². The molecule has 1 fully saturated rings. The molecule has 18 heavy (non-hydrogen) atoms. The highest BCUT2D eigenvalue weighted by atomic mass is 19.1. The van der Waals surface area contributed by atoms with Crippen LogP contribution < -0.4 is 5.73 Å². The summed E-state index contributed by atoms with van der Waals surface area (Å²) in [6.07, 6.45) is 2.08. The smallest absolute Gasteiger partial charge is 0.146 e. The second kappa shape index (κ2) is 6.16. The van der Waals surface area contributed by atoms with Gasteiger partial charge in [-0.25, -0.2) is 4.39 Å². The summed E-state index contributed by atoms with van der Waals surface area (Å²) in [4.78, 5) is 2.38. The van der Waals surface area contributed by atoms with Gasteiger partial charge in [0, 0.05) is 13.7 Å². The van der Waals surface area contributed by atoms with Crippen LogP contribution in [0.2, 0.25) is 0 Å². The van der Waals surface area contributed by atoms with E-state index in [4.69, 9.17) is 10.5 Å². The monoisotopic (exact) mass is 252 g/mol. The molecule has 4 heteroatoms. The van der Waals surface area contributed by atoms with E-state index in [1.165, 1.54) is 6.07 Å². The van der Waals surface area contributed by atoms with Crippen molar-refractivity contribution in [1.29, 1.82) is 0 Å². The van der Waals surface area contributed by atoms with Crippen LogP contribution in [0.25, 0.3) is 0 Å². The third-order valence-electron chi connectivity index (χ3n) is 3.73. The fourth-order valence-corrected chi connectivity index (χ4v) is 2.60. The predicted octanol–water partition coefficient (Wildman–Crippen LogP) is 2.23. The summed E-state index contributed by atoms with van der Waals surface area (Å²) in [7, 11) is 1.72. The minimum atomic E-state index is -0.297. The van der Waals surface area contributed by atoms with E-state index in [1.807, 2.05) is 6.07 Å². The van der Waals surface area contributed by atoms with Crippen molar-refractivity contribution >= 4 is 5.69 Å². The van der Waals surface area contributed by atoms with Gasteiger partial charge in [0.2, 0.25) is 0 Å². The van der Waals surface area contributed by atoms with Gasteiger partial charge in [-0.3, -0.25) is 0 Å². The van der Waals surface area contributed by atoms with Gasteiger partial charge in [0.25, 0.3) is 0 Å². The van der Waals surface area contributed by atoms with E-state index in [-0.39, 0.29) is 5.82 Å². The predicted molar refractivity (Wildman–Crippen MR) is 71.1 cm³/mol. The number of likely N-dealkylation sites (tertiary alicyclic amines) is 1. The molecule has 1 aromatic carbocycles. The molecular formula is C14H21FN2O. The summed E-state index contributed by atoms with van der Waals surface area (Å²) < 4.78 is 18.5. The SMILES string of the molecule is COCCN1CCC(c2cccc(F)c2N)CC1. The van der Waals surface area contributed by atoms with E-state index >= 15 is 0 Å². The lowest BCUT2D eigenvalue weighted by Gasteiger charge is -2.32. The number of rotatable bonds is 4. The van der Waals surface area contributed by atoms with Gasteiger partial charge in [-0.15, -0.1) is 0 Å². The van der Waals surface area contributed by atoms with Crippen LogP contribution in [0.4, 0.5) is 10.1 Å². The minimum absolute atomic E-state index is 0.297. The van der Waals surface area contributed by atoms with Crippen LogP contribution >= 0.6 is 0 Å². The number of nitrogens with zero attached hydrogens (tertiary/aromatic N) is 1. The number of methoxy groups -OCH3 is 1. The van der Waals surface area contributed by atoms with E-state index in [0.717, 1.165) is 44.6 Å². The lowest BCUT2D eigenvalue weighted by atomic mass is 9.88. The number of anilines is 1. The molecule has 1 heterocycles. The Kier molecular flexibility index (Phi) is 4.55. The summed E-state index contributed by atoms with van der Waals surface area (Å²) in [5.41, 5.74) is 7.12. The molecule has 1 aliphatic heterocycles. The second-order valence-corrected chi connectivity index (χ2v) is 4.85. The zero-order valence-electron chi connectivity index (χ0n) is 10.9. The van der Waals surface area contributed by atoms with Gasteiger partial charge in [-0.1, -0.05) is 12.1 Å². The molecule has 0 aliphatic carbocycles. The third-order valence-corrected chi connectivity index (χ3v) is 3.73. The Hall–Kier alpha value is -1.13. The fraction of sp³-hybridized carbons (Fsp3) is 0.571. The number of hydrogen-bond acceptors (Lipinski definition) is 3. The number of benzene rings is 1. The van der Waals surface area contributed by atoms with E-state index in [9.17, 15) is 4.39 Å². The van der Waals surface area contributed by atoms with Crippen LogP contribution in [-0.2, 0) is 4.74 Å². The molecule has 3 nitrogen and oxygen atoms in total. The van der Waals surface area contributed by atoms with Crippen molar-refractivity contribution in [3.63, 3.8) is 0 Å². The Bertz CT molecular complexity index is 389. The van der Waals surface area contributed by atoms with Crippen molar-refractivity contribution in [3.8, 4) is 0 Å². The van der Waals surface area contributed by atoms with E-state index in [2.05, 4.69) is 4.90 Å². The molecule has 0 radical (unpaired) electrons. The standard InChI is InChI=1S/C14H21FN2O/c1-18-10-9-17-7-5-11(6-8-17)12-3-2-4-13(15)14(12)16/h2-4,11H,5-10,16H2,1H3. The Morgan fingerprint density at radius 3 is 2.78 bits per heavy atom. The zero-order valence-corrected chi connectivity index (χ0v) is 10.9. The van der Waals surface area contributed by atoms with Crippen molar-refractivity contribution in [2.24, 2.45) is 0 Å². The van der Waals surface area contributed by atoms with Gasteiger partial charge < -0.3 is 15.4 Å². The van der Waals surface area contributed by atoms with Gasteiger partial charge in [-0.05, 0) is 43.5 Å². The van der Waals surface area contributed by atoms with Crippen molar-refractivity contribution in [1.82, 2.24) is 4.90 Å². The third kappa shape index (κ3) is 3.00. The number of ether oxygens (including phenoxy) is 1. The lowest BCUT2D eigenvalue weighted by molar-refractivity contribution is 0.130. The molecule has 2 rings (SSSR count). The fourth-order valence-electron chi connectivity index (χ4n) is 2.60. The van der Waals surface area contributed by atoms with Crippen molar-refractivity contribution in [2.45, 2.75) is 18.8 Å². The van der Waals surface area contributed by atoms with E-state index in [1.54, 1.807) is 13.2 Å². The summed E-state index contributed by atoms with van der Waals surface area (Å²) >= 11 is 0. The lowest BCUT2D eigenvalue weighted by Crippen LogP contribution is -2.35.